The van der Waals surface area contributed by atoms with Crippen molar-refractivity contribution in [3.05, 3.63) is 4.91 Å². The average Bonchev–Trinajstić information content (AvgIpc) is 2.42. The van der Waals surface area contributed by atoms with Gasteiger partial charge in [0.15, 0.2) is 6.29 Å². The van der Waals surface area contributed by atoms with Gasteiger partial charge >= 0.3 is 6.03 Å². The number of nitrogens with zero attached hydrogens (tertiary/aromatic N) is 2. The maximum atomic E-state index is 11.3. The first-order valence-corrected chi connectivity index (χ1v) is 5.49. The molecule has 10 nitrogen and oxygen atoms in total. The first-order chi connectivity index (χ1) is 8.92. The first kappa shape index (κ1) is 15.7. The molecule has 0 bridgehead atoms. The summed E-state index contributed by atoms with van der Waals surface area (Å²) in [7, 11) is 2.41. The van der Waals surface area contributed by atoms with Crippen LogP contribution in [0.4, 0.5) is 4.79 Å². The van der Waals surface area contributed by atoms with E-state index in [0.717, 1.165) is 7.05 Å². The van der Waals surface area contributed by atoms with Gasteiger partial charge in [0.1, 0.15) is 24.4 Å². The Bertz CT molecular complexity index is 327. The number of methoxy groups -OCH3 is 1. The van der Waals surface area contributed by atoms with E-state index in [1.165, 1.54) is 7.11 Å². The summed E-state index contributed by atoms with van der Waals surface area (Å²) in [5, 5.41) is 34.0. The predicted molar refractivity (Wildman–Crippen MR) is 60.6 cm³/mol. The Morgan fingerprint density at radius 1 is 1.37 bits per heavy atom. The molecule has 110 valence electrons. The molecule has 0 aromatic carbocycles. The average molecular weight is 279 g/mol. The largest absolute Gasteiger partial charge is 0.388 e. The molecule has 1 fully saturated rings. The predicted octanol–water partition coefficient (Wildman–Crippen LogP) is -2.24. The van der Waals surface area contributed by atoms with E-state index >= 15 is 0 Å². The van der Waals surface area contributed by atoms with Gasteiger partial charge in [0, 0.05) is 20.7 Å². The normalized spacial score (nSPS) is 34.7. The minimum absolute atomic E-state index is 0.191. The van der Waals surface area contributed by atoms with Crippen LogP contribution in [0.5, 0.6) is 0 Å². The van der Waals surface area contributed by atoms with Crippen LogP contribution in [0, 0.1) is 4.91 Å². The van der Waals surface area contributed by atoms with Gasteiger partial charge in [-0.1, -0.05) is 0 Å². The Morgan fingerprint density at radius 3 is 2.53 bits per heavy atom. The molecule has 0 saturated carbocycles. The molecule has 1 aliphatic rings. The van der Waals surface area contributed by atoms with Crippen LogP contribution in [-0.2, 0) is 9.47 Å². The van der Waals surface area contributed by atoms with E-state index in [9.17, 15) is 25.0 Å². The van der Waals surface area contributed by atoms with Crippen LogP contribution in [0.25, 0.3) is 0 Å². The van der Waals surface area contributed by atoms with Gasteiger partial charge in [-0.2, -0.15) is 5.01 Å². The maximum absolute atomic E-state index is 11.3. The van der Waals surface area contributed by atoms with E-state index in [2.05, 4.69) is 10.6 Å². The zero-order valence-electron chi connectivity index (χ0n) is 10.5. The molecule has 0 unspecified atom stereocenters. The second kappa shape index (κ2) is 6.73. The van der Waals surface area contributed by atoms with Gasteiger partial charge in [0.05, 0.1) is 5.29 Å². The Labute approximate surface area is 108 Å². The number of hydrogen-bond acceptors (Lipinski definition) is 8. The lowest BCUT2D eigenvalue weighted by Crippen LogP contribution is -2.60. The van der Waals surface area contributed by atoms with Gasteiger partial charge in [0.25, 0.3) is 0 Å². The summed E-state index contributed by atoms with van der Waals surface area (Å²) < 4.78 is 9.96. The highest BCUT2D eigenvalue weighted by Gasteiger charge is 2.43. The lowest BCUT2D eigenvalue weighted by Gasteiger charge is -2.39. The lowest BCUT2D eigenvalue weighted by atomic mass is 9.99. The molecule has 0 aromatic heterocycles. The fraction of sp³-hybridized carbons (Fsp3) is 0.889. The van der Waals surface area contributed by atoms with Crippen LogP contribution in [0.2, 0.25) is 0 Å². The summed E-state index contributed by atoms with van der Waals surface area (Å²) in [4.78, 5) is 21.4. The van der Waals surface area contributed by atoms with E-state index in [-0.39, 0.29) is 6.54 Å². The number of carbonyl (C=O) groups excluding carboxylic acids is 1. The van der Waals surface area contributed by atoms with Crippen LogP contribution in [-0.4, -0.2) is 77.8 Å². The molecule has 1 aliphatic heterocycles. The Kier molecular flexibility index (Phi) is 5.57. The SMILES string of the molecule is CO[C@@H]1O[C@@H](CNC(=O)N(C)N=O)[C@@H](O)[C@H](O)[C@@H]1O. The third kappa shape index (κ3) is 3.58. The fourth-order valence-corrected chi connectivity index (χ4v) is 1.62. The minimum atomic E-state index is -1.47. The number of hydrogen-bond donors (Lipinski definition) is 4. The topological polar surface area (TPSA) is 141 Å². The summed E-state index contributed by atoms with van der Waals surface area (Å²) in [5.74, 6) is 0. The minimum Gasteiger partial charge on any atom is -0.388 e. The van der Waals surface area contributed by atoms with Crippen molar-refractivity contribution >= 4 is 6.03 Å². The monoisotopic (exact) mass is 279 g/mol. The quantitative estimate of drug-likeness (QED) is 0.337. The molecular formula is C9H17N3O7. The van der Waals surface area contributed by atoms with Gasteiger partial charge in [-0.05, 0) is 0 Å². The molecule has 0 radical (unpaired) electrons. The van der Waals surface area contributed by atoms with E-state index < -0.39 is 36.7 Å². The molecule has 2 amide bonds. The Hall–Kier alpha value is -1.33. The summed E-state index contributed by atoms with van der Waals surface area (Å²) in [6.07, 6.45) is -6.39. The number of aliphatic hydroxyl groups excluding tert-OH is 3. The third-order valence-electron chi connectivity index (χ3n) is 2.77. The number of aliphatic hydroxyl groups is 3. The standard InChI is InChI=1S/C9H17N3O7/c1-12(11-17)9(16)10-3-4-5(13)6(14)7(15)8(18-2)19-4/h4-8,13-15H,3H2,1-2H3,(H,10,16)/t4-,5+,6-,7-,8+/m0/s1. The molecule has 0 spiro atoms. The van der Waals surface area contributed by atoms with Crippen molar-refractivity contribution in [3.63, 3.8) is 0 Å². The van der Waals surface area contributed by atoms with Crippen molar-refractivity contribution in [2.75, 3.05) is 20.7 Å². The zero-order chi connectivity index (χ0) is 14.6. The summed E-state index contributed by atoms with van der Waals surface area (Å²) in [5.41, 5.74) is 0. The Morgan fingerprint density at radius 2 is 2.00 bits per heavy atom. The van der Waals surface area contributed by atoms with Crippen molar-refractivity contribution < 1.29 is 29.6 Å². The summed E-state index contributed by atoms with van der Waals surface area (Å²) in [6.45, 7) is -0.191. The van der Waals surface area contributed by atoms with E-state index in [1.54, 1.807) is 0 Å². The molecule has 19 heavy (non-hydrogen) atoms. The number of urea groups is 1. The molecule has 1 rings (SSSR count). The van der Waals surface area contributed by atoms with Crippen LogP contribution < -0.4 is 5.32 Å². The van der Waals surface area contributed by atoms with Crippen molar-refractivity contribution in [1.29, 1.82) is 0 Å². The third-order valence-corrected chi connectivity index (χ3v) is 2.77. The van der Waals surface area contributed by atoms with Crippen molar-refractivity contribution in [3.8, 4) is 0 Å². The smallest absolute Gasteiger partial charge is 0.340 e. The number of rotatable bonds is 4. The van der Waals surface area contributed by atoms with Crippen LogP contribution in [0.1, 0.15) is 0 Å². The Balaban J connectivity index is 2.57. The van der Waals surface area contributed by atoms with Gasteiger partial charge in [-0.15, -0.1) is 4.91 Å². The van der Waals surface area contributed by atoms with E-state index in [0.29, 0.717) is 5.01 Å². The zero-order valence-corrected chi connectivity index (χ0v) is 10.5. The molecule has 0 aromatic rings. The lowest BCUT2D eigenvalue weighted by molar-refractivity contribution is -0.288. The van der Waals surface area contributed by atoms with Gasteiger partial charge < -0.3 is 30.1 Å². The van der Waals surface area contributed by atoms with E-state index in [1.807, 2.05) is 0 Å². The second-order valence-electron chi connectivity index (χ2n) is 4.04. The van der Waals surface area contributed by atoms with Crippen molar-refractivity contribution in [2.45, 2.75) is 30.7 Å². The van der Waals surface area contributed by atoms with Crippen molar-refractivity contribution in [1.82, 2.24) is 10.3 Å². The molecule has 0 aliphatic carbocycles. The van der Waals surface area contributed by atoms with E-state index in [4.69, 9.17) is 9.47 Å². The van der Waals surface area contributed by atoms with Gasteiger partial charge in [0.2, 0.25) is 0 Å². The van der Waals surface area contributed by atoms with Crippen LogP contribution in [0.3, 0.4) is 0 Å². The number of amides is 2. The van der Waals surface area contributed by atoms with Crippen LogP contribution in [0.15, 0.2) is 5.29 Å². The van der Waals surface area contributed by atoms with Crippen LogP contribution >= 0.6 is 0 Å². The van der Waals surface area contributed by atoms with Gasteiger partial charge in [-0.25, -0.2) is 4.79 Å². The van der Waals surface area contributed by atoms with Gasteiger partial charge in [-0.3, -0.25) is 0 Å². The number of ether oxygens (including phenoxy) is 2. The molecular weight excluding hydrogens is 262 g/mol. The first-order valence-electron chi connectivity index (χ1n) is 5.49. The second-order valence-corrected chi connectivity index (χ2v) is 4.04. The number of nitrogens with one attached hydrogen (secondary N) is 1. The number of carbonyl (C=O) groups is 1. The fourth-order valence-electron chi connectivity index (χ4n) is 1.62. The molecule has 10 heteroatoms. The molecule has 1 heterocycles. The summed E-state index contributed by atoms with van der Waals surface area (Å²) in [6, 6.07) is -0.791. The highest BCUT2D eigenvalue weighted by molar-refractivity contribution is 5.73. The van der Waals surface area contributed by atoms with Crippen molar-refractivity contribution in [2.24, 2.45) is 5.29 Å². The molecule has 5 atom stereocenters. The highest BCUT2D eigenvalue weighted by atomic mass is 16.7. The highest BCUT2D eigenvalue weighted by Crippen LogP contribution is 2.21. The summed E-state index contributed by atoms with van der Waals surface area (Å²) >= 11 is 0. The number of nitroso groups, excluding NO2 is 1. The maximum Gasteiger partial charge on any atom is 0.340 e. The molecule has 4 N–H and O–H groups in total. The molecule has 1 saturated heterocycles.